The van der Waals surface area contributed by atoms with Gasteiger partial charge in [0, 0.05) is 30.4 Å². The largest absolute Gasteiger partial charge is 0.326 e. The van der Waals surface area contributed by atoms with Gasteiger partial charge in [-0.05, 0) is 43.3 Å². The number of hydrogen-bond donors (Lipinski definition) is 2. The Kier molecular flexibility index (Phi) is 6.90. The Hall–Kier alpha value is -2.84. The lowest BCUT2D eigenvalue weighted by Crippen LogP contribution is -2.14. The summed E-state index contributed by atoms with van der Waals surface area (Å²) in [7, 11) is 0. The van der Waals surface area contributed by atoms with Crippen LogP contribution in [0.1, 0.15) is 13.8 Å². The molecule has 9 heteroatoms. The highest BCUT2D eigenvalue weighted by Gasteiger charge is 2.16. The van der Waals surface area contributed by atoms with Gasteiger partial charge in [0.15, 0.2) is 11.0 Å². The molecule has 0 fully saturated rings. The van der Waals surface area contributed by atoms with E-state index < -0.39 is 0 Å². The zero-order valence-electron chi connectivity index (χ0n) is 16.0. The van der Waals surface area contributed by atoms with Crippen LogP contribution in [0.25, 0.3) is 11.4 Å². The molecule has 1 aromatic heterocycles. The third-order valence-corrected chi connectivity index (χ3v) is 5.27. The molecule has 2 N–H and O–H groups in total. The van der Waals surface area contributed by atoms with Crippen LogP contribution in [-0.2, 0) is 16.1 Å². The van der Waals surface area contributed by atoms with E-state index in [-0.39, 0.29) is 17.6 Å². The lowest BCUT2D eigenvalue weighted by molar-refractivity contribution is -0.114. The fourth-order valence-corrected chi connectivity index (χ4v) is 3.71. The summed E-state index contributed by atoms with van der Waals surface area (Å²) in [5.74, 6) is 0.560. The second kappa shape index (κ2) is 9.58. The van der Waals surface area contributed by atoms with Crippen LogP contribution in [0.2, 0.25) is 5.02 Å². The van der Waals surface area contributed by atoms with Crippen molar-refractivity contribution < 1.29 is 9.59 Å². The summed E-state index contributed by atoms with van der Waals surface area (Å²) in [6, 6.07) is 14.4. The summed E-state index contributed by atoms with van der Waals surface area (Å²) < 4.78 is 1.93. The Morgan fingerprint density at radius 2 is 1.69 bits per heavy atom. The smallest absolute Gasteiger partial charge is 0.234 e. The summed E-state index contributed by atoms with van der Waals surface area (Å²) in [6.07, 6.45) is 0. The number of nitrogens with one attached hydrogen (secondary N) is 2. The Morgan fingerprint density at radius 3 is 2.31 bits per heavy atom. The Bertz CT molecular complexity index is 1020. The number of anilines is 2. The summed E-state index contributed by atoms with van der Waals surface area (Å²) in [6.45, 7) is 4.09. The number of carbonyl (C=O) groups excluding carboxylic acids is 2. The van der Waals surface area contributed by atoms with E-state index in [4.69, 9.17) is 11.6 Å². The minimum absolute atomic E-state index is 0.144. The van der Waals surface area contributed by atoms with E-state index in [1.54, 1.807) is 24.3 Å². The van der Waals surface area contributed by atoms with Gasteiger partial charge in [0.1, 0.15) is 0 Å². The van der Waals surface area contributed by atoms with E-state index in [1.165, 1.54) is 18.7 Å². The number of thioether (sulfide) groups is 1. The van der Waals surface area contributed by atoms with Gasteiger partial charge in [-0.1, -0.05) is 35.5 Å². The van der Waals surface area contributed by atoms with Crippen LogP contribution in [-0.4, -0.2) is 32.3 Å². The molecule has 2 aromatic carbocycles. The molecule has 0 spiro atoms. The lowest BCUT2D eigenvalue weighted by Gasteiger charge is -2.09. The Balaban J connectivity index is 1.63. The normalized spacial score (nSPS) is 10.6. The third kappa shape index (κ3) is 5.36. The maximum absolute atomic E-state index is 12.3. The molecular formula is C20H20ClN5O2S. The van der Waals surface area contributed by atoms with E-state index in [0.717, 1.165) is 5.56 Å². The third-order valence-electron chi connectivity index (χ3n) is 3.97. The lowest BCUT2D eigenvalue weighted by atomic mass is 10.2. The van der Waals surface area contributed by atoms with Crippen LogP contribution >= 0.6 is 23.4 Å². The summed E-state index contributed by atoms with van der Waals surface area (Å²) in [5, 5.41) is 15.2. The fourth-order valence-electron chi connectivity index (χ4n) is 2.69. The van der Waals surface area contributed by atoms with Crippen molar-refractivity contribution in [2.45, 2.75) is 25.5 Å². The van der Waals surface area contributed by atoms with Gasteiger partial charge in [0.2, 0.25) is 11.8 Å². The SMILES string of the molecule is CCn1c(SCC(=O)Nc2ccc(NC(C)=O)cc2)nnc1-c1ccccc1Cl. The molecule has 0 atom stereocenters. The second-order valence-corrected chi connectivity index (χ2v) is 7.48. The molecule has 3 rings (SSSR count). The van der Waals surface area contributed by atoms with Crippen molar-refractivity contribution in [2.24, 2.45) is 0 Å². The molecule has 0 aliphatic rings. The average molecular weight is 430 g/mol. The summed E-state index contributed by atoms with van der Waals surface area (Å²) in [4.78, 5) is 23.4. The van der Waals surface area contributed by atoms with Crippen LogP contribution in [0.3, 0.4) is 0 Å². The molecule has 0 aliphatic carbocycles. The monoisotopic (exact) mass is 429 g/mol. The molecule has 0 unspecified atom stereocenters. The number of benzene rings is 2. The molecule has 150 valence electrons. The highest BCUT2D eigenvalue weighted by Crippen LogP contribution is 2.29. The van der Waals surface area contributed by atoms with Crippen molar-refractivity contribution in [1.82, 2.24) is 14.8 Å². The molecule has 0 saturated heterocycles. The maximum atomic E-state index is 12.3. The molecule has 0 saturated carbocycles. The van der Waals surface area contributed by atoms with Crippen LogP contribution in [0.4, 0.5) is 11.4 Å². The van der Waals surface area contributed by atoms with Gasteiger partial charge in [-0.3, -0.25) is 9.59 Å². The number of halogens is 1. The minimum atomic E-state index is -0.160. The molecular weight excluding hydrogens is 410 g/mol. The number of rotatable bonds is 7. The molecule has 7 nitrogen and oxygen atoms in total. The van der Waals surface area contributed by atoms with E-state index >= 15 is 0 Å². The first-order valence-electron chi connectivity index (χ1n) is 8.96. The number of hydrogen-bond acceptors (Lipinski definition) is 5. The molecule has 0 radical (unpaired) electrons. The second-order valence-electron chi connectivity index (χ2n) is 6.13. The van der Waals surface area contributed by atoms with Gasteiger partial charge < -0.3 is 15.2 Å². The first-order valence-corrected chi connectivity index (χ1v) is 10.3. The van der Waals surface area contributed by atoms with Gasteiger partial charge in [-0.2, -0.15) is 0 Å². The van der Waals surface area contributed by atoms with Crippen molar-refractivity contribution in [3.05, 3.63) is 53.6 Å². The first kappa shape index (κ1) is 20.9. The van der Waals surface area contributed by atoms with Gasteiger partial charge in [0.25, 0.3) is 0 Å². The van der Waals surface area contributed by atoms with Gasteiger partial charge in [-0.15, -0.1) is 10.2 Å². The standard InChI is InChI=1S/C20H20ClN5O2S/c1-3-26-19(16-6-4-5-7-17(16)21)24-25-20(26)29-12-18(28)23-15-10-8-14(9-11-15)22-13(2)27/h4-11H,3,12H2,1-2H3,(H,22,27)(H,23,28). The van der Waals surface area contributed by atoms with Crippen LogP contribution in [0, 0.1) is 0 Å². The van der Waals surface area contributed by atoms with Gasteiger partial charge >= 0.3 is 0 Å². The quantitative estimate of drug-likeness (QED) is 0.546. The predicted octanol–water partition coefficient (Wildman–Crippen LogP) is 4.31. The highest BCUT2D eigenvalue weighted by atomic mass is 35.5. The Labute approximate surface area is 177 Å². The number of nitrogens with zero attached hydrogens (tertiary/aromatic N) is 3. The molecule has 0 aliphatic heterocycles. The first-order chi connectivity index (χ1) is 14.0. The number of aromatic nitrogens is 3. The average Bonchev–Trinajstić information content (AvgIpc) is 3.10. The van der Waals surface area contributed by atoms with Gasteiger partial charge in [0.05, 0.1) is 10.8 Å². The summed E-state index contributed by atoms with van der Waals surface area (Å²) >= 11 is 7.59. The van der Waals surface area contributed by atoms with Crippen LogP contribution in [0.15, 0.2) is 53.7 Å². The van der Waals surface area contributed by atoms with Crippen molar-refractivity contribution in [3.63, 3.8) is 0 Å². The fraction of sp³-hybridized carbons (Fsp3) is 0.200. The van der Waals surface area contributed by atoms with E-state index in [1.807, 2.05) is 35.8 Å². The van der Waals surface area contributed by atoms with Crippen molar-refractivity contribution in [3.8, 4) is 11.4 Å². The van der Waals surface area contributed by atoms with Crippen LogP contribution < -0.4 is 10.6 Å². The van der Waals surface area contributed by atoms with Crippen LogP contribution in [0.5, 0.6) is 0 Å². The van der Waals surface area contributed by atoms with Gasteiger partial charge in [-0.25, -0.2) is 0 Å². The molecule has 1 heterocycles. The van der Waals surface area contributed by atoms with E-state index in [9.17, 15) is 9.59 Å². The summed E-state index contributed by atoms with van der Waals surface area (Å²) in [5.41, 5.74) is 2.13. The zero-order valence-corrected chi connectivity index (χ0v) is 17.5. The van der Waals surface area contributed by atoms with Crippen molar-refractivity contribution in [2.75, 3.05) is 16.4 Å². The number of carbonyl (C=O) groups is 2. The van der Waals surface area contributed by atoms with E-state index in [0.29, 0.717) is 33.9 Å². The molecule has 0 bridgehead atoms. The predicted molar refractivity (Wildman–Crippen MR) is 116 cm³/mol. The Morgan fingerprint density at radius 1 is 1.03 bits per heavy atom. The maximum Gasteiger partial charge on any atom is 0.234 e. The highest BCUT2D eigenvalue weighted by molar-refractivity contribution is 7.99. The number of amides is 2. The molecule has 2 amide bonds. The van der Waals surface area contributed by atoms with Crippen molar-refractivity contribution in [1.29, 1.82) is 0 Å². The minimum Gasteiger partial charge on any atom is -0.326 e. The molecule has 3 aromatic rings. The van der Waals surface area contributed by atoms with E-state index in [2.05, 4.69) is 20.8 Å². The zero-order chi connectivity index (χ0) is 20.8. The van der Waals surface area contributed by atoms with Crippen molar-refractivity contribution >= 4 is 46.6 Å². The topological polar surface area (TPSA) is 88.9 Å². The molecule has 29 heavy (non-hydrogen) atoms.